The quantitative estimate of drug-likeness (QED) is 0.419. The molecule has 0 N–H and O–H groups in total. The van der Waals surface area contributed by atoms with Crippen LogP contribution in [0, 0.1) is 21.7 Å². The van der Waals surface area contributed by atoms with E-state index in [1.807, 2.05) is 0 Å². The van der Waals surface area contributed by atoms with E-state index < -0.39 is 0 Å². The standard InChI is InChI=1S/C22H36/c1-13-14(2)16(4)22(12)20(9,10)18(6)17(5)19(7,8)21(22,11)15(13)3/h1-12H3. The molecule has 0 aromatic rings. The predicted octanol–water partition coefficient (Wildman–Crippen LogP) is 7.09. The maximum Gasteiger partial charge on any atom is 0.00741 e. The Kier molecular flexibility index (Phi) is 3.51. The zero-order valence-corrected chi connectivity index (χ0v) is 17.0. The van der Waals surface area contributed by atoms with E-state index in [-0.39, 0.29) is 21.7 Å². The highest BCUT2D eigenvalue weighted by atomic mass is 14.7. The lowest BCUT2D eigenvalue weighted by Crippen LogP contribution is -2.61. The Morgan fingerprint density at radius 3 is 0.864 bits per heavy atom. The highest BCUT2D eigenvalue weighted by molar-refractivity contribution is 5.54. The lowest BCUT2D eigenvalue weighted by Gasteiger charge is -2.69. The van der Waals surface area contributed by atoms with Gasteiger partial charge < -0.3 is 0 Å². The van der Waals surface area contributed by atoms with Crippen molar-refractivity contribution >= 4 is 0 Å². The van der Waals surface area contributed by atoms with E-state index in [0.29, 0.717) is 0 Å². The van der Waals surface area contributed by atoms with Gasteiger partial charge in [-0.2, -0.15) is 0 Å². The van der Waals surface area contributed by atoms with Gasteiger partial charge in [0, 0.05) is 10.8 Å². The van der Waals surface area contributed by atoms with Crippen LogP contribution in [0.3, 0.4) is 0 Å². The first-order valence-electron chi connectivity index (χ1n) is 8.75. The molecule has 2 rings (SSSR count). The minimum atomic E-state index is 0.140. The van der Waals surface area contributed by atoms with E-state index in [1.165, 1.54) is 11.1 Å². The average Bonchev–Trinajstić information content (AvgIpc) is 2.45. The third kappa shape index (κ3) is 1.46. The molecule has 22 heavy (non-hydrogen) atoms. The molecule has 0 saturated carbocycles. The Labute approximate surface area is 138 Å². The van der Waals surface area contributed by atoms with Crippen molar-refractivity contribution < 1.29 is 0 Å². The van der Waals surface area contributed by atoms with Crippen LogP contribution in [0.15, 0.2) is 33.4 Å². The largest absolute Gasteiger partial charge is 0.0673 e. The second-order valence-corrected chi connectivity index (χ2v) is 9.25. The molecular formula is C22H36. The van der Waals surface area contributed by atoms with Gasteiger partial charge in [0.15, 0.2) is 0 Å². The summed E-state index contributed by atoms with van der Waals surface area (Å²) < 4.78 is 0. The van der Waals surface area contributed by atoms with Crippen LogP contribution in [0.5, 0.6) is 0 Å². The molecule has 0 radical (unpaired) electrons. The maximum atomic E-state index is 2.53. The topological polar surface area (TPSA) is 0 Å². The average molecular weight is 301 g/mol. The van der Waals surface area contributed by atoms with Crippen molar-refractivity contribution in [3.8, 4) is 0 Å². The van der Waals surface area contributed by atoms with Crippen LogP contribution >= 0.6 is 0 Å². The number of rotatable bonds is 0. The van der Waals surface area contributed by atoms with Crippen molar-refractivity contribution in [1.82, 2.24) is 0 Å². The fourth-order valence-corrected chi connectivity index (χ4v) is 5.94. The van der Waals surface area contributed by atoms with Crippen molar-refractivity contribution in [1.29, 1.82) is 0 Å². The van der Waals surface area contributed by atoms with E-state index in [1.54, 1.807) is 22.3 Å². The van der Waals surface area contributed by atoms with Gasteiger partial charge in [-0.05, 0) is 63.5 Å². The summed E-state index contributed by atoms with van der Waals surface area (Å²) in [7, 11) is 0. The first-order valence-corrected chi connectivity index (χ1v) is 8.75. The van der Waals surface area contributed by atoms with Crippen LogP contribution in [0.1, 0.15) is 83.1 Å². The summed E-state index contributed by atoms with van der Waals surface area (Å²) in [6.45, 7) is 29.0. The lowest BCUT2D eigenvalue weighted by molar-refractivity contribution is -0.0583. The fourth-order valence-electron chi connectivity index (χ4n) is 5.94. The number of fused-ring (bicyclic) bond motifs is 1. The van der Waals surface area contributed by atoms with Crippen LogP contribution in [0.25, 0.3) is 0 Å². The summed E-state index contributed by atoms with van der Waals surface area (Å²) in [6, 6.07) is 0. The van der Waals surface area contributed by atoms with Gasteiger partial charge in [-0.3, -0.25) is 0 Å². The van der Waals surface area contributed by atoms with E-state index in [9.17, 15) is 0 Å². The molecule has 2 aliphatic rings. The molecule has 0 bridgehead atoms. The summed E-state index contributed by atoms with van der Waals surface area (Å²) in [6.07, 6.45) is 0. The van der Waals surface area contributed by atoms with Gasteiger partial charge in [-0.25, -0.2) is 0 Å². The Morgan fingerprint density at radius 2 is 0.636 bits per heavy atom. The summed E-state index contributed by atoms with van der Waals surface area (Å²) in [5.74, 6) is 0. The lowest BCUT2D eigenvalue weighted by atomic mass is 9.34. The minimum Gasteiger partial charge on any atom is -0.0673 e. The van der Waals surface area contributed by atoms with Crippen LogP contribution in [-0.2, 0) is 0 Å². The monoisotopic (exact) mass is 300 g/mol. The molecule has 0 saturated heterocycles. The molecule has 0 spiro atoms. The third-order valence-electron chi connectivity index (χ3n) is 9.12. The first kappa shape index (κ1) is 17.6. The maximum absolute atomic E-state index is 2.53. The fraction of sp³-hybridized carbons (Fsp3) is 0.727. The van der Waals surface area contributed by atoms with E-state index in [4.69, 9.17) is 0 Å². The van der Waals surface area contributed by atoms with Gasteiger partial charge in [0.1, 0.15) is 0 Å². The zero-order chi connectivity index (χ0) is 17.5. The molecule has 0 aromatic heterocycles. The molecule has 0 aliphatic heterocycles. The van der Waals surface area contributed by atoms with Crippen molar-refractivity contribution in [2.45, 2.75) is 83.1 Å². The summed E-state index contributed by atoms with van der Waals surface area (Å²) in [5, 5.41) is 0. The van der Waals surface area contributed by atoms with Crippen molar-refractivity contribution in [2.24, 2.45) is 21.7 Å². The predicted molar refractivity (Wildman–Crippen MR) is 98.9 cm³/mol. The Hall–Kier alpha value is -0.780. The Bertz CT molecular complexity index is 577. The molecule has 124 valence electrons. The second-order valence-electron chi connectivity index (χ2n) is 9.25. The van der Waals surface area contributed by atoms with Crippen LogP contribution in [0.2, 0.25) is 0 Å². The van der Waals surface area contributed by atoms with Gasteiger partial charge in [-0.1, -0.05) is 63.8 Å². The van der Waals surface area contributed by atoms with E-state index in [0.717, 1.165) is 0 Å². The van der Waals surface area contributed by atoms with Crippen molar-refractivity contribution in [3.05, 3.63) is 33.4 Å². The smallest absolute Gasteiger partial charge is 0.00741 e. The molecule has 0 heterocycles. The molecule has 0 heteroatoms. The third-order valence-corrected chi connectivity index (χ3v) is 9.12. The second kappa shape index (κ2) is 4.40. The summed E-state index contributed by atoms with van der Waals surface area (Å²) in [4.78, 5) is 0. The van der Waals surface area contributed by atoms with Gasteiger partial charge in [0.25, 0.3) is 0 Å². The number of hydrogen-bond acceptors (Lipinski definition) is 0. The van der Waals surface area contributed by atoms with Crippen LogP contribution < -0.4 is 0 Å². The molecule has 0 nitrogen and oxygen atoms in total. The van der Waals surface area contributed by atoms with Crippen LogP contribution in [-0.4, -0.2) is 0 Å². The first-order chi connectivity index (χ1) is 9.70. The Morgan fingerprint density at radius 1 is 0.409 bits per heavy atom. The molecule has 2 unspecified atom stereocenters. The Balaban J connectivity index is 3.07. The molecule has 0 amide bonds. The van der Waals surface area contributed by atoms with E-state index >= 15 is 0 Å². The minimum absolute atomic E-state index is 0.140. The van der Waals surface area contributed by atoms with Gasteiger partial charge in [-0.15, -0.1) is 0 Å². The SMILES string of the molecule is CC1=C(C)C2(C)C(C)(C)C(C)=C(C)C(C)(C)C2(C)C(C)=C1C. The normalized spacial score (nSPS) is 37.6. The molecule has 2 aliphatic carbocycles. The number of allylic oxidation sites excluding steroid dienone is 6. The molecule has 2 atom stereocenters. The highest BCUT2D eigenvalue weighted by Crippen LogP contribution is 2.74. The summed E-state index contributed by atoms with van der Waals surface area (Å²) in [5.41, 5.74) is 9.95. The zero-order valence-electron chi connectivity index (χ0n) is 17.0. The van der Waals surface area contributed by atoms with Crippen molar-refractivity contribution in [2.75, 3.05) is 0 Å². The molecule has 0 fully saturated rings. The van der Waals surface area contributed by atoms with Gasteiger partial charge in [0.2, 0.25) is 0 Å². The van der Waals surface area contributed by atoms with Gasteiger partial charge >= 0.3 is 0 Å². The van der Waals surface area contributed by atoms with E-state index in [2.05, 4.69) is 83.1 Å². The number of hydrogen-bond donors (Lipinski definition) is 0. The van der Waals surface area contributed by atoms with Crippen LogP contribution in [0.4, 0.5) is 0 Å². The van der Waals surface area contributed by atoms with Crippen molar-refractivity contribution in [3.63, 3.8) is 0 Å². The summed E-state index contributed by atoms with van der Waals surface area (Å²) >= 11 is 0. The molecular weight excluding hydrogens is 264 g/mol. The highest BCUT2D eigenvalue weighted by Gasteiger charge is 2.66. The van der Waals surface area contributed by atoms with Gasteiger partial charge in [0.05, 0.1) is 0 Å². The molecule has 0 aromatic carbocycles.